The van der Waals surface area contributed by atoms with Crippen molar-refractivity contribution in [2.45, 2.75) is 12.8 Å². The molecule has 0 unspecified atom stereocenters. The first-order chi connectivity index (χ1) is 10.0. The van der Waals surface area contributed by atoms with Crippen molar-refractivity contribution in [3.8, 4) is 0 Å². The first kappa shape index (κ1) is 14.4. The Morgan fingerprint density at radius 2 is 1.81 bits per heavy atom. The van der Waals surface area contributed by atoms with Crippen molar-refractivity contribution in [1.82, 2.24) is 9.97 Å². The van der Waals surface area contributed by atoms with E-state index < -0.39 is 5.97 Å². The van der Waals surface area contributed by atoms with E-state index in [4.69, 9.17) is 28.3 Å². The van der Waals surface area contributed by atoms with Crippen molar-refractivity contribution in [3.05, 3.63) is 28.4 Å². The molecule has 1 saturated heterocycles. The maximum atomic E-state index is 11.0. The van der Waals surface area contributed by atoms with Crippen molar-refractivity contribution in [2.24, 2.45) is 5.92 Å². The van der Waals surface area contributed by atoms with Crippen LogP contribution in [0, 0.1) is 5.92 Å². The van der Waals surface area contributed by atoms with Crippen LogP contribution in [0.2, 0.25) is 10.0 Å². The summed E-state index contributed by atoms with van der Waals surface area (Å²) in [5.41, 5.74) is 1.37. The number of aromatic nitrogens is 2. The molecule has 5 nitrogen and oxygen atoms in total. The standard InChI is InChI=1S/C14H13Cl2N3O2/c15-9-5-11-12(6-10(9)16)18-13(7-17-11)19-3-1-8(2-4-19)14(20)21/h5-8H,1-4H2,(H,20,21). The molecule has 7 heteroatoms. The third kappa shape index (κ3) is 2.89. The van der Waals surface area contributed by atoms with E-state index in [0.29, 0.717) is 47.0 Å². The number of nitrogens with zero attached hydrogens (tertiary/aromatic N) is 3. The minimum absolute atomic E-state index is 0.261. The molecule has 1 N–H and O–H groups in total. The maximum absolute atomic E-state index is 11.0. The highest BCUT2D eigenvalue weighted by Gasteiger charge is 2.25. The SMILES string of the molecule is O=C(O)C1CCN(c2cnc3cc(Cl)c(Cl)cc3n2)CC1. The van der Waals surface area contributed by atoms with Crippen LogP contribution in [0.5, 0.6) is 0 Å². The number of carboxylic acid groups (broad SMARTS) is 1. The number of carbonyl (C=O) groups is 1. The minimum Gasteiger partial charge on any atom is -0.481 e. The number of fused-ring (bicyclic) bond motifs is 1. The zero-order valence-corrected chi connectivity index (χ0v) is 12.6. The van der Waals surface area contributed by atoms with Crippen LogP contribution in [0.1, 0.15) is 12.8 Å². The number of rotatable bonds is 2. The zero-order chi connectivity index (χ0) is 15.0. The summed E-state index contributed by atoms with van der Waals surface area (Å²) >= 11 is 12.0. The summed E-state index contributed by atoms with van der Waals surface area (Å²) in [6, 6.07) is 3.38. The molecule has 0 aliphatic carbocycles. The van der Waals surface area contributed by atoms with Crippen LogP contribution >= 0.6 is 23.2 Å². The molecular formula is C14H13Cl2N3O2. The van der Waals surface area contributed by atoms with Gasteiger partial charge in [0.15, 0.2) is 0 Å². The number of carboxylic acids is 1. The Hall–Kier alpha value is -1.59. The second-order valence-electron chi connectivity index (χ2n) is 5.08. The third-order valence-electron chi connectivity index (χ3n) is 3.74. The molecule has 1 aromatic heterocycles. The van der Waals surface area contributed by atoms with E-state index in [9.17, 15) is 4.79 Å². The molecule has 110 valence electrons. The lowest BCUT2D eigenvalue weighted by Gasteiger charge is -2.30. The van der Waals surface area contributed by atoms with E-state index >= 15 is 0 Å². The summed E-state index contributed by atoms with van der Waals surface area (Å²) in [4.78, 5) is 21.9. The Morgan fingerprint density at radius 3 is 2.43 bits per heavy atom. The number of benzene rings is 1. The molecule has 1 aliphatic rings. The van der Waals surface area contributed by atoms with Gasteiger partial charge in [-0.15, -0.1) is 0 Å². The van der Waals surface area contributed by atoms with E-state index in [1.807, 2.05) is 4.90 Å². The lowest BCUT2D eigenvalue weighted by atomic mass is 9.97. The van der Waals surface area contributed by atoms with Gasteiger partial charge in [-0.25, -0.2) is 4.98 Å². The Balaban J connectivity index is 1.85. The molecule has 0 radical (unpaired) electrons. The van der Waals surface area contributed by atoms with Crippen molar-refractivity contribution >= 4 is 46.0 Å². The quantitative estimate of drug-likeness (QED) is 0.918. The largest absolute Gasteiger partial charge is 0.481 e. The smallest absolute Gasteiger partial charge is 0.306 e. The molecule has 0 spiro atoms. The Kier molecular flexibility index (Phi) is 3.87. The fourth-order valence-corrected chi connectivity index (χ4v) is 2.82. The summed E-state index contributed by atoms with van der Waals surface area (Å²) in [7, 11) is 0. The van der Waals surface area contributed by atoms with Gasteiger partial charge in [0.05, 0.1) is 33.2 Å². The zero-order valence-electron chi connectivity index (χ0n) is 11.1. The average Bonchev–Trinajstić information content (AvgIpc) is 2.48. The predicted molar refractivity (Wildman–Crippen MR) is 82.1 cm³/mol. The molecule has 21 heavy (non-hydrogen) atoms. The first-order valence-corrected chi connectivity index (χ1v) is 7.40. The van der Waals surface area contributed by atoms with Gasteiger partial charge in [-0.3, -0.25) is 9.78 Å². The molecular weight excluding hydrogens is 313 g/mol. The molecule has 0 saturated carbocycles. The van der Waals surface area contributed by atoms with E-state index in [0.717, 1.165) is 5.82 Å². The summed E-state index contributed by atoms with van der Waals surface area (Å²) in [6.07, 6.45) is 2.93. The van der Waals surface area contributed by atoms with Crippen molar-refractivity contribution in [2.75, 3.05) is 18.0 Å². The van der Waals surface area contributed by atoms with Crippen molar-refractivity contribution in [3.63, 3.8) is 0 Å². The molecule has 2 heterocycles. The van der Waals surface area contributed by atoms with Crippen LogP contribution in [0.15, 0.2) is 18.3 Å². The molecule has 0 amide bonds. The fourth-order valence-electron chi connectivity index (χ4n) is 2.51. The van der Waals surface area contributed by atoms with Gasteiger partial charge in [-0.2, -0.15) is 0 Å². The van der Waals surface area contributed by atoms with Crippen LogP contribution in [-0.2, 0) is 4.79 Å². The lowest BCUT2D eigenvalue weighted by molar-refractivity contribution is -0.142. The van der Waals surface area contributed by atoms with Crippen LogP contribution in [0.3, 0.4) is 0 Å². The van der Waals surface area contributed by atoms with Gasteiger partial charge in [0.1, 0.15) is 5.82 Å². The van der Waals surface area contributed by atoms with E-state index in [-0.39, 0.29) is 5.92 Å². The molecule has 3 rings (SSSR count). The number of hydrogen-bond acceptors (Lipinski definition) is 4. The lowest BCUT2D eigenvalue weighted by Crippen LogP contribution is -2.36. The molecule has 0 atom stereocenters. The maximum Gasteiger partial charge on any atom is 0.306 e. The summed E-state index contributed by atoms with van der Waals surface area (Å²) in [5, 5.41) is 9.92. The highest BCUT2D eigenvalue weighted by Crippen LogP contribution is 2.28. The van der Waals surface area contributed by atoms with Crippen LogP contribution < -0.4 is 4.90 Å². The molecule has 1 aromatic carbocycles. The summed E-state index contributed by atoms with van der Waals surface area (Å²) in [6.45, 7) is 1.33. The highest BCUT2D eigenvalue weighted by atomic mass is 35.5. The number of hydrogen-bond donors (Lipinski definition) is 1. The number of piperidine rings is 1. The summed E-state index contributed by atoms with van der Waals surface area (Å²) < 4.78 is 0. The van der Waals surface area contributed by atoms with Gasteiger partial charge in [0.25, 0.3) is 0 Å². The van der Waals surface area contributed by atoms with E-state index in [1.54, 1.807) is 18.3 Å². The van der Waals surface area contributed by atoms with Crippen molar-refractivity contribution < 1.29 is 9.90 Å². The molecule has 1 fully saturated rings. The van der Waals surface area contributed by atoms with Gasteiger partial charge in [0, 0.05) is 13.1 Å². The van der Waals surface area contributed by atoms with E-state index in [2.05, 4.69) is 9.97 Å². The van der Waals surface area contributed by atoms with Gasteiger partial charge in [-0.1, -0.05) is 23.2 Å². The van der Waals surface area contributed by atoms with Gasteiger partial charge < -0.3 is 10.0 Å². The Morgan fingerprint density at radius 1 is 1.19 bits per heavy atom. The minimum atomic E-state index is -0.722. The van der Waals surface area contributed by atoms with Crippen LogP contribution in [0.4, 0.5) is 5.82 Å². The Labute approximate surface area is 131 Å². The van der Waals surface area contributed by atoms with Crippen LogP contribution in [-0.4, -0.2) is 34.1 Å². The number of aliphatic carboxylic acids is 1. The van der Waals surface area contributed by atoms with Gasteiger partial charge in [-0.05, 0) is 25.0 Å². The van der Waals surface area contributed by atoms with Gasteiger partial charge in [0.2, 0.25) is 0 Å². The molecule has 0 bridgehead atoms. The summed E-state index contributed by atoms with van der Waals surface area (Å²) in [5.74, 6) is -0.242. The fraction of sp³-hybridized carbons (Fsp3) is 0.357. The van der Waals surface area contributed by atoms with Crippen LogP contribution in [0.25, 0.3) is 11.0 Å². The number of halogens is 2. The predicted octanol–water partition coefficient (Wildman–Crippen LogP) is 3.24. The highest BCUT2D eigenvalue weighted by molar-refractivity contribution is 6.42. The van der Waals surface area contributed by atoms with E-state index in [1.165, 1.54) is 0 Å². The second-order valence-corrected chi connectivity index (χ2v) is 5.90. The van der Waals surface area contributed by atoms with Gasteiger partial charge >= 0.3 is 5.97 Å². The normalized spacial score (nSPS) is 16.4. The third-order valence-corrected chi connectivity index (χ3v) is 4.46. The topological polar surface area (TPSA) is 66.3 Å². The van der Waals surface area contributed by atoms with Crippen molar-refractivity contribution in [1.29, 1.82) is 0 Å². The molecule has 2 aromatic rings. The average molecular weight is 326 g/mol. The monoisotopic (exact) mass is 325 g/mol. The Bertz CT molecular complexity index is 700. The number of anilines is 1. The molecule has 1 aliphatic heterocycles. The second kappa shape index (κ2) is 5.66. The first-order valence-electron chi connectivity index (χ1n) is 6.64.